The van der Waals surface area contributed by atoms with Crippen LogP contribution in [0.15, 0.2) is 54.6 Å². The molecule has 4 aromatic rings. The van der Waals surface area contributed by atoms with E-state index < -0.39 is 0 Å². The molecule has 9 nitrogen and oxygen atoms in total. The second-order valence-electron chi connectivity index (χ2n) is 11.8. The number of piperazine rings is 1. The first-order valence-corrected chi connectivity index (χ1v) is 14.8. The van der Waals surface area contributed by atoms with Gasteiger partial charge >= 0.3 is 6.01 Å². The van der Waals surface area contributed by atoms with E-state index in [-0.39, 0.29) is 30.2 Å². The van der Waals surface area contributed by atoms with Gasteiger partial charge in [0.2, 0.25) is 5.91 Å². The van der Waals surface area contributed by atoms with Crippen LogP contribution in [0.25, 0.3) is 32.8 Å². The van der Waals surface area contributed by atoms with Gasteiger partial charge < -0.3 is 24.5 Å². The van der Waals surface area contributed by atoms with Crippen molar-refractivity contribution in [2.24, 2.45) is 0 Å². The Morgan fingerprint density at radius 2 is 1.86 bits per heavy atom. The molecule has 3 aromatic carbocycles. The van der Waals surface area contributed by atoms with Crippen LogP contribution >= 0.6 is 0 Å². The van der Waals surface area contributed by atoms with Crippen molar-refractivity contribution in [3.63, 3.8) is 0 Å². The Labute approximate surface area is 244 Å². The van der Waals surface area contributed by atoms with E-state index in [4.69, 9.17) is 20.0 Å². The number of hydrogen-bond acceptors (Lipinski definition) is 8. The van der Waals surface area contributed by atoms with E-state index in [2.05, 4.69) is 41.1 Å². The Balaban J connectivity index is 1.28. The van der Waals surface area contributed by atoms with Crippen molar-refractivity contribution in [2.45, 2.75) is 50.2 Å². The molecule has 2 bridgehead atoms. The summed E-state index contributed by atoms with van der Waals surface area (Å²) in [6.45, 7) is 2.91. The Morgan fingerprint density at radius 3 is 2.62 bits per heavy atom. The van der Waals surface area contributed by atoms with E-state index in [1.807, 2.05) is 29.2 Å². The number of hydrogen-bond donors (Lipinski definition) is 1. The number of aromatic nitrogens is 2. The van der Waals surface area contributed by atoms with E-state index in [1.165, 1.54) is 0 Å². The number of nitriles is 1. The average Bonchev–Trinajstić information content (AvgIpc) is 3.53. The highest BCUT2D eigenvalue weighted by molar-refractivity contribution is 6.01. The summed E-state index contributed by atoms with van der Waals surface area (Å²) in [5, 5.41) is 22.5. The topological polar surface area (TPSA) is 106 Å². The third-order valence-electron chi connectivity index (χ3n) is 9.19. The Hall–Kier alpha value is -4.42. The van der Waals surface area contributed by atoms with Gasteiger partial charge in [0, 0.05) is 36.6 Å². The number of amides is 1. The van der Waals surface area contributed by atoms with Crippen molar-refractivity contribution in [1.29, 1.82) is 5.26 Å². The van der Waals surface area contributed by atoms with Gasteiger partial charge in [0.05, 0.1) is 11.6 Å². The number of fused-ring (bicyclic) bond motifs is 4. The zero-order valence-electron chi connectivity index (χ0n) is 23.7. The third kappa shape index (κ3) is 4.76. The average molecular weight is 563 g/mol. The minimum absolute atomic E-state index is 0.0593. The van der Waals surface area contributed by atoms with Crippen LogP contribution in [-0.4, -0.2) is 82.2 Å². The molecule has 1 amide bonds. The zero-order chi connectivity index (χ0) is 28.8. The molecule has 3 atom stereocenters. The Morgan fingerprint density at radius 1 is 1.05 bits per heavy atom. The molecule has 9 heteroatoms. The lowest BCUT2D eigenvalue weighted by molar-refractivity contribution is -0.133. The first-order chi connectivity index (χ1) is 20.5. The summed E-state index contributed by atoms with van der Waals surface area (Å²) in [5.41, 5.74) is 2.66. The monoisotopic (exact) mass is 562 g/mol. The molecule has 1 N–H and O–H groups in total. The molecular formula is C33H34N6O3. The third-order valence-corrected chi connectivity index (χ3v) is 9.19. The van der Waals surface area contributed by atoms with Crippen LogP contribution in [0.2, 0.25) is 0 Å². The lowest BCUT2D eigenvalue weighted by Gasteiger charge is -2.41. The fourth-order valence-corrected chi connectivity index (χ4v) is 7.10. The number of ether oxygens (including phenoxy) is 1. The van der Waals surface area contributed by atoms with Crippen molar-refractivity contribution in [3.8, 4) is 29.0 Å². The fourth-order valence-electron chi connectivity index (χ4n) is 7.10. The van der Waals surface area contributed by atoms with Crippen molar-refractivity contribution in [1.82, 2.24) is 19.8 Å². The molecule has 0 aliphatic carbocycles. The van der Waals surface area contributed by atoms with E-state index in [0.717, 1.165) is 70.8 Å². The minimum atomic E-state index is -0.0798. The number of phenols is 1. The van der Waals surface area contributed by atoms with E-state index in [1.54, 1.807) is 12.1 Å². The Kier molecular flexibility index (Phi) is 6.79. The predicted molar refractivity (Wildman–Crippen MR) is 161 cm³/mol. The summed E-state index contributed by atoms with van der Waals surface area (Å²) in [4.78, 5) is 29.1. The van der Waals surface area contributed by atoms with Gasteiger partial charge in [0.1, 0.15) is 24.6 Å². The van der Waals surface area contributed by atoms with E-state index >= 15 is 0 Å². The van der Waals surface area contributed by atoms with Crippen molar-refractivity contribution in [2.75, 3.05) is 38.2 Å². The molecule has 4 heterocycles. The maximum absolute atomic E-state index is 12.7. The summed E-state index contributed by atoms with van der Waals surface area (Å²) >= 11 is 0. The van der Waals surface area contributed by atoms with Crippen LogP contribution in [0.3, 0.4) is 0 Å². The molecule has 3 aliphatic rings. The minimum Gasteiger partial charge on any atom is -0.508 e. The smallest absolute Gasteiger partial charge is 0.319 e. The summed E-state index contributed by atoms with van der Waals surface area (Å²) in [5.74, 6) is 0.951. The number of carbonyl (C=O) groups excluding carboxylic acids is 1. The van der Waals surface area contributed by atoms with Gasteiger partial charge in [-0.1, -0.05) is 30.3 Å². The van der Waals surface area contributed by atoms with Gasteiger partial charge in [-0.15, -0.1) is 0 Å². The number of anilines is 1. The molecule has 0 saturated carbocycles. The number of aromatic hydroxyl groups is 1. The highest BCUT2D eigenvalue weighted by Gasteiger charge is 2.43. The Bertz CT molecular complexity index is 1700. The maximum Gasteiger partial charge on any atom is 0.319 e. The number of likely N-dealkylation sites (N-methyl/N-ethyl adjacent to an activating group) is 1. The molecule has 3 fully saturated rings. The molecular weight excluding hydrogens is 528 g/mol. The molecule has 42 heavy (non-hydrogen) atoms. The number of carbonyl (C=O) groups is 1. The van der Waals surface area contributed by atoms with Gasteiger partial charge in [-0.05, 0) is 85.4 Å². The molecule has 3 saturated heterocycles. The molecule has 3 aliphatic heterocycles. The van der Waals surface area contributed by atoms with Gasteiger partial charge in [0.15, 0.2) is 0 Å². The van der Waals surface area contributed by atoms with Gasteiger partial charge in [0.25, 0.3) is 0 Å². The van der Waals surface area contributed by atoms with Crippen LogP contribution < -0.4 is 9.64 Å². The molecule has 214 valence electrons. The van der Waals surface area contributed by atoms with Crippen molar-refractivity contribution >= 4 is 33.4 Å². The molecule has 1 aromatic heterocycles. The molecule has 7 rings (SSSR count). The lowest BCUT2D eigenvalue weighted by Crippen LogP contribution is -2.56. The van der Waals surface area contributed by atoms with Crippen LogP contribution in [0.5, 0.6) is 11.8 Å². The highest BCUT2D eigenvalue weighted by atomic mass is 16.5. The number of benzene rings is 3. The number of rotatable bonds is 6. The summed E-state index contributed by atoms with van der Waals surface area (Å²) in [6, 6.07) is 20.6. The summed E-state index contributed by atoms with van der Waals surface area (Å²) in [7, 11) is 2.13. The zero-order valence-corrected chi connectivity index (χ0v) is 23.7. The van der Waals surface area contributed by atoms with E-state index in [0.29, 0.717) is 31.7 Å². The van der Waals surface area contributed by atoms with Crippen LogP contribution in [0, 0.1) is 11.3 Å². The van der Waals surface area contributed by atoms with Gasteiger partial charge in [-0.25, -0.2) is 0 Å². The van der Waals surface area contributed by atoms with Crippen molar-refractivity contribution < 1.29 is 14.6 Å². The van der Waals surface area contributed by atoms with Crippen molar-refractivity contribution in [3.05, 3.63) is 54.6 Å². The largest absolute Gasteiger partial charge is 0.508 e. The molecule has 0 radical (unpaired) electrons. The van der Waals surface area contributed by atoms with Gasteiger partial charge in [-0.2, -0.15) is 15.2 Å². The predicted octanol–water partition coefficient (Wildman–Crippen LogP) is 4.72. The second-order valence-corrected chi connectivity index (χ2v) is 11.8. The maximum atomic E-state index is 12.7. The standard InChI is InChI=1S/C33H34N6O3/c1-37-14-4-6-25(37)20-42-33-35-30-16-22(29-17-26(40)15-21-5-2-3-7-27(21)29)8-11-28(30)32(36-33)38-18-23-9-10-24(19-38)39(23)31(41)12-13-34/h2-3,5,7-8,11,15-17,23-25,40H,4,6,9-10,12,14,18-20H2,1H3/t23-,24+,25-/m0/s1. The SMILES string of the molecule is CN1CCC[C@H]1COc1nc(N2C[C@H]3CC[C@@H](C2)N3C(=O)CC#N)c2ccc(-c3cc(O)cc4ccccc34)cc2n1. The first-order valence-electron chi connectivity index (χ1n) is 14.8. The first kappa shape index (κ1) is 26.5. The van der Waals surface area contributed by atoms with E-state index in [9.17, 15) is 9.90 Å². The molecule has 0 spiro atoms. The number of nitrogens with zero attached hydrogens (tertiary/aromatic N) is 6. The number of likely N-dealkylation sites (tertiary alicyclic amines) is 1. The number of phenolic OH excluding ortho intramolecular Hbond substituents is 1. The fraction of sp³-hybridized carbons (Fsp3) is 0.394. The normalized spacial score (nSPS) is 22.1. The van der Waals surface area contributed by atoms with Crippen LogP contribution in [0.4, 0.5) is 5.82 Å². The quantitative estimate of drug-likeness (QED) is 0.360. The van der Waals surface area contributed by atoms with Gasteiger partial charge in [-0.3, -0.25) is 4.79 Å². The summed E-state index contributed by atoms with van der Waals surface area (Å²) < 4.78 is 6.26. The highest BCUT2D eigenvalue weighted by Crippen LogP contribution is 2.38. The molecule has 0 unspecified atom stereocenters. The lowest BCUT2D eigenvalue weighted by atomic mass is 9.97. The summed E-state index contributed by atoms with van der Waals surface area (Å²) in [6.07, 6.45) is 4.02. The second kappa shape index (κ2) is 10.8. The van der Waals surface area contributed by atoms with Crippen LogP contribution in [-0.2, 0) is 4.79 Å². The van der Waals surface area contributed by atoms with Crippen LogP contribution in [0.1, 0.15) is 32.1 Å².